The van der Waals surface area contributed by atoms with Crippen molar-refractivity contribution < 1.29 is 19.1 Å². The average Bonchev–Trinajstić information content (AvgIpc) is 3.03. The van der Waals surface area contributed by atoms with Crippen molar-refractivity contribution in [3.63, 3.8) is 0 Å². The monoisotopic (exact) mass is 337 g/mol. The first-order chi connectivity index (χ1) is 12.2. The SMILES string of the molecule is CCOC(=O)C(=O)Cc1c[nH]c2ccc(OCc3ccccc3)cc12. The average molecular weight is 337 g/mol. The molecule has 3 aromatic rings. The summed E-state index contributed by atoms with van der Waals surface area (Å²) in [5, 5.41) is 0.864. The van der Waals surface area contributed by atoms with Crippen molar-refractivity contribution in [3.05, 3.63) is 65.9 Å². The van der Waals surface area contributed by atoms with Crippen molar-refractivity contribution in [1.82, 2.24) is 4.98 Å². The van der Waals surface area contributed by atoms with Crippen LogP contribution >= 0.6 is 0 Å². The number of rotatable bonds is 7. The Morgan fingerprint density at radius 2 is 1.88 bits per heavy atom. The van der Waals surface area contributed by atoms with Gasteiger partial charge in [-0.25, -0.2) is 4.79 Å². The van der Waals surface area contributed by atoms with Gasteiger partial charge in [0, 0.05) is 23.5 Å². The van der Waals surface area contributed by atoms with Gasteiger partial charge >= 0.3 is 5.97 Å². The number of hydrogen-bond donors (Lipinski definition) is 1. The second kappa shape index (κ2) is 7.66. The zero-order valence-corrected chi connectivity index (χ0v) is 14.0. The summed E-state index contributed by atoms with van der Waals surface area (Å²) in [7, 11) is 0. The number of Topliss-reactive ketones (excluding diaryl/α,β-unsaturated/α-hetero) is 1. The summed E-state index contributed by atoms with van der Waals surface area (Å²) in [5.74, 6) is -0.646. The fraction of sp³-hybridized carbons (Fsp3) is 0.200. The molecule has 1 heterocycles. The van der Waals surface area contributed by atoms with Crippen molar-refractivity contribution in [1.29, 1.82) is 0 Å². The van der Waals surface area contributed by atoms with Crippen molar-refractivity contribution in [3.8, 4) is 5.75 Å². The first-order valence-corrected chi connectivity index (χ1v) is 8.14. The lowest BCUT2D eigenvalue weighted by Crippen LogP contribution is -2.19. The van der Waals surface area contributed by atoms with Crippen LogP contribution in [0.1, 0.15) is 18.1 Å². The maximum Gasteiger partial charge on any atom is 0.374 e. The molecule has 3 rings (SSSR count). The molecule has 25 heavy (non-hydrogen) atoms. The number of carbonyl (C=O) groups is 2. The number of benzene rings is 2. The molecule has 0 atom stereocenters. The topological polar surface area (TPSA) is 68.4 Å². The molecule has 0 bridgehead atoms. The van der Waals surface area contributed by atoms with E-state index in [4.69, 9.17) is 9.47 Å². The van der Waals surface area contributed by atoms with Crippen LogP contribution in [0.4, 0.5) is 0 Å². The normalized spacial score (nSPS) is 10.6. The van der Waals surface area contributed by atoms with E-state index >= 15 is 0 Å². The molecule has 5 heteroatoms. The van der Waals surface area contributed by atoms with E-state index in [9.17, 15) is 9.59 Å². The van der Waals surface area contributed by atoms with Crippen LogP contribution < -0.4 is 4.74 Å². The second-order valence-corrected chi connectivity index (χ2v) is 5.62. The predicted molar refractivity (Wildman–Crippen MR) is 94.4 cm³/mol. The van der Waals surface area contributed by atoms with E-state index in [0.717, 1.165) is 22.0 Å². The van der Waals surface area contributed by atoms with Gasteiger partial charge in [0.15, 0.2) is 0 Å². The maximum absolute atomic E-state index is 11.9. The fourth-order valence-corrected chi connectivity index (χ4v) is 2.59. The summed E-state index contributed by atoms with van der Waals surface area (Å²) in [6.07, 6.45) is 1.74. The molecule has 0 aliphatic rings. The number of aromatic amines is 1. The van der Waals surface area contributed by atoms with Gasteiger partial charge in [-0.1, -0.05) is 30.3 Å². The zero-order valence-electron chi connectivity index (χ0n) is 14.0. The minimum absolute atomic E-state index is 0.000964. The van der Waals surface area contributed by atoms with E-state index in [2.05, 4.69) is 4.98 Å². The Labute approximate surface area is 145 Å². The molecule has 0 amide bonds. The van der Waals surface area contributed by atoms with Gasteiger partial charge in [-0.15, -0.1) is 0 Å². The number of H-pyrrole nitrogens is 1. The lowest BCUT2D eigenvalue weighted by atomic mass is 10.1. The number of nitrogens with one attached hydrogen (secondary N) is 1. The lowest BCUT2D eigenvalue weighted by Gasteiger charge is -2.07. The molecule has 0 saturated carbocycles. The van der Waals surface area contributed by atoms with Gasteiger partial charge in [-0.2, -0.15) is 0 Å². The van der Waals surface area contributed by atoms with Gasteiger partial charge in [0.2, 0.25) is 5.78 Å². The van der Waals surface area contributed by atoms with Gasteiger partial charge in [0.1, 0.15) is 12.4 Å². The first-order valence-electron chi connectivity index (χ1n) is 8.14. The molecule has 0 spiro atoms. The summed E-state index contributed by atoms with van der Waals surface area (Å²) < 4.78 is 10.6. The van der Waals surface area contributed by atoms with Crippen molar-refractivity contribution in [2.24, 2.45) is 0 Å². The molecule has 0 aliphatic carbocycles. The standard InChI is InChI=1S/C20H19NO4/c1-2-24-20(23)19(22)10-15-12-21-18-9-8-16(11-17(15)18)25-13-14-6-4-3-5-7-14/h3-9,11-12,21H,2,10,13H2,1H3. The van der Waals surface area contributed by atoms with Crippen LogP contribution in [0.25, 0.3) is 10.9 Å². The molecule has 2 aromatic carbocycles. The number of esters is 1. The van der Waals surface area contributed by atoms with Crippen LogP contribution in [0.15, 0.2) is 54.7 Å². The predicted octanol–water partition coefficient (Wildman–Crippen LogP) is 3.42. The minimum atomic E-state index is -0.798. The molecule has 1 aromatic heterocycles. The highest BCUT2D eigenvalue weighted by molar-refractivity contribution is 6.34. The molecular formula is C20H19NO4. The van der Waals surface area contributed by atoms with Gasteiger partial charge in [0.05, 0.1) is 6.61 Å². The smallest absolute Gasteiger partial charge is 0.374 e. The summed E-state index contributed by atoms with van der Waals surface area (Å²) >= 11 is 0. The molecule has 128 valence electrons. The molecule has 0 aliphatic heterocycles. The van der Waals surface area contributed by atoms with Crippen LogP contribution in [0.3, 0.4) is 0 Å². The number of carbonyl (C=O) groups excluding carboxylic acids is 2. The molecule has 1 N–H and O–H groups in total. The Hall–Kier alpha value is -3.08. The number of hydrogen-bond acceptors (Lipinski definition) is 4. The quantitative estimate of drug-likeness (QED) is 0.530. The van der Waals surface area contributed by atoms with E-state index in [1.165, 1.54) is 0 Å². The molecule has 0 radical (unpaired) electrons. The third-order valence-corrected chi connectivity index (χ3v) is 3.84. The van der Waals surface area contributed by atoms with Crippen LogP contribution in [0.5, 0.6) is 5.75 Å². The summed E-state index contributed by atoms with van der Waals surface area (Å²) in [6, 6.07) is 15.5. The summed E-state index contributed by atoms with van der Waals surface area (Å²) in [6.45, 7) is 2.33. The number of ketones is 1. The highest BCUT2D eigenvalue weighted by atomic mass is 16.5. The third kappa shape index (κ3) is 4.07. The Balaban J connectivity index is 1.75. The first kappa shape index (κ1) is 16.8. The Bertz CT molecular complexity index is 883. The van der Waals surface area contributed by atoms with Gasteiger partial charge < -0.3 is 14.5 Å². The van der Waals surface area contributed by atoms with Crippen molar-refractivity contribution in [2.45, 2.75) is 20.0 Å². The highest BCUT2D eigenvalue weighted by Gasteiger charge is 2.17. The van der Waals surface area contributed by atoms with E-state index < -0.39 is 11.8 Å². The van der Waals surface area contributed by atoms with Crippen LogP contribution in [0, 0.1) is 0 Å². The van der Waals surface area contributed by atoms with E-state index in [0.29, 0.717) is 12.4 Å². The molecule has 0 unspecified atom stereocenters. The molecule has 0 fully saturated rings. The molecular weight excluding hydrogens is 318 g/mol. The number of aromatic nitrogens is 1. The Kier molecular flexibility index (Phi) is 5.14. The second-order valence-electron chi connectivity index (χ2n) is 5.62. The Morgan fingerprint density at radius 1 is 1.08 bits per heavy atom. The largest absolute Gasteiger partial charge is 0.489 e. The lowest BCUT2D eigenvalue weighted by molar-refractivity contribution is -0.153. The van der Waals surface area contributed by atoms with Gasteiger partial charge in [0.25, 0.3) is 0 Å². The van der Waals surface area contributed by atoms with Crippen molar-refractivity contribution >= 4 is 22.7 Å². The minimum Gasteiger partial charge on any atom is -0.489 e. The third-order valence-electron chi connectivity index (χ3n) is 3.84. The van der Waals surface area contributed by atoms with E-state index in [1.807, 2.05) is 48.5 Å². The van der Waals surface area contributed by atoms with Crippen molar-refractivity contribution in [2.75, 3.05) is 6.61 Å². The van der Waals surface area contributed by atoms with Crippen LogP contribution in [-0.2, 0) is 27.4 Å². The number of ether oxygens (including phenoxy) is 2. The highest BCUT2D eigenvalue weighted by Crippen LogP contribution is 2.25. The zero-order chi connectivity index (χ0) is 17.6. The van der Waals surface area contributed by atoms with Crippen LogP contribution in [0.2, 0.25) is 0 Å². The number of fused-ring (bicyclic) bond motifs is 1. The molecule has 0 saturated heterocycles. The maximum atomic E-state index is 11.9. The van der Waals surface area contributed by atoms with Gasteiger partial charge in [-0.05, 0) is 36.2 Å². The van der Waals surface area contributed by atoms with Crippen LogP contribution in [-0.4, -0.2) is 23.3 Å². The fourth-order valence-electron chi connectivity index (χ4n) is 2.59. The van der Waals surface area contributed by atoms with E-state index in [-0.39, 0.29) is 13.0 Å². The summed E-state index contributed by atoms with van der Waals surface area (Å²) in [4.78, 5) is 26.6. The Morgan fingerprint density at radius 3 is 2.64 bits per heavy atom. The van der Waals surface area contributed by atoms with E-state index in [1.54, 1.807) is 13.1 Å². The van der Waals surface area contributed by atoms with Gasteiger partial charge in [-0.3, -0.25) is 4.79 Å². The summed E-state index contributed by atoms with van der Waals surface area (Å²) in [5.41, 5.74) is 2.71. The molecule has 5 nitrogen and oxygen atoms in total.